The van der Waals surface area contributed by atoms with Crippen molar-refractivity contribution in [3.63, 3.8) is 0 Å². The first-order valence-corrected chi connectivity index (χ1v) is 10.0. The van der Waals surface area contributed by atoms with Gasteiger partial charge in [0.1, 0.15) is 5.84 Å². The van der Waals surface area contributed by atoms with Gasteiger partial charge in [-0.25, -0.2) is 4.99 Å². The number of aliphatic imine (C=N–C) groups is 1. The minimum absolute atomic E-state index is 0.442. The first-order chi connectivity index (χ1) is 13.7. The zero-order valence-electron chi connectivity index (χ0n) is 16.0. The van der Waals surface area contributed by atoms with E-state index < -0.39 is 0 Å². The Balaban J connectivity index is 0.00000136. The van der Waals surface area contributed by atoms with Gasteiger partial charge in [0.25, 0.3) is 0 Å². The summed E-state index contributed by atoms with van der Waals surface area (Å²) in [5.74, 6) is 0.723. The molecule has 0 heterocycles. The molecule has 0 saturated carbocycles. The molecule has 5 heteroatoms. The van der Waals surface area contributed by atoms with E-state index in [1.165, 1.54) is 17.5 Å². The molecule has 0 spiro atoms. The quantitative estimate of drug-likeness (QED) is 0.258. The lowest BCUT2D eigenvalue weighted by Crippen LogP contribution is -2.20. The molecule has 3 aromatic rings. The molecular weight excluding hydrogens is 386 g/mol. The fraction of sp³-hybridized carbons (Fsp3) is 0.130. The van der Waals surface area contributed by atoms with E-state index in [0.717, 1.165) is 23.5 Å². The smallest absolute Gasteiger partial charge is 0.194 e. The minimum Gasteiger partial charge on any atom is -0.364 e. The number of thiocarbonyl (C=S) groups is 1. The Hall–Kier alpha value is -2.69. The largest absolute Gasteiger partial charge is 0.364 e. The maximum atomic E-state index is 5.20. The summed E-state index contributed by atoms with van der Waals surface area (Å²) in [4.78, 5) is 4.48. The molecule has 0 fully saturated rings. The van der Waals surface area contributed by atoms with E-state index in [4.69, 9.17) is 12.2 Å². The number of benzene rings is 3. The van der Waals surface area contributed by atoms with Crippen LogP contribution in [0.25, 0.3) is 0 Å². The predicted octanol–water partition coefficient (Wildman–Crippen LogP) is 5.50. The van der Waals surface area contributed by atoms with Crippen LogP contribution in [0.1, 0.15) is 16.7 Å². The summed E-state index contributed by atoms with van der Waals surface area (Å²) in [5, 5.41) is 6.71. The SMILES string of the molecule is CCl.CNC(=S)/N=C(\Nc1ccc(Cc2ccccc2)cc1)c1ccccc1. The highest BCUT2D eigenvalue weighted by atomic mass is 35.5. The van der Waals surface area contributed by atoms with Crippen LogP contribution in [-0.2, 0) is 6.42 Å². The summed E-state index contributed by atoms with van der Waals surface area (Å²) in [6, 6.07) is 28.8. The van der Waals surface area contributed by atoms with Crippen molar-refractivity contribution < 1.29 is 0 Å². The number of halogens is 1. The summed E-state index contributed by atoms with van der Waals surface area (Å²) in [6.07, 6.45) is 2.39. The number of anilines is 1. The second kappa shape index (κ2) is 11.9. The molecule has 0 unspecified atom stereocenters. The fourth-order valence-electron chi connectivity index (χ4n) is 2.59. The lowest BCUT2D eigenvalue weighted by molar-refractivity contribution is 1.18. The number of hydrogen-bond donors (Lipinski definition) is 2. The van der Waals surface area contributed by atoms with Crippen LogP contribution in [0.5, 0.6) is 0 Å². The Morgan fingerprint density at radius 2 is 1.36 bits per heavy atom. The van der Waals surface area contributed by atoms with Crippen molar-refractivity contribution in [2.75, 3.05) is 18.7 Å². The van der Waals surface area contributed by atoms with Crippen LogP contribution in [0.4, 0.5) is 5.69 Å². The highest BCUT2D eigenvalue weighted by Crippen LogP contribution is 2.15. The van der Waals surface area contributed by atoms with E-state index >= 15 is 0 Å². The number of nitrogens with one attached hydrogen (secondary N) is 2. The van der Waals surface area contributed by atoms with Gasteiger partial charge in [-0.1, -0.05) is 72.8 Å². The van der Waals surface area contributed by atoms with Gasteiger partial charge in [0.05, 0.1) is 0 Å². The third kappa shape index (κ3) is 6.80. The lowest BCUT2D eigenvalue weighted by atomic mass is 10.0. The zero-order valence-corrected chi connectivity index (χ0v) is 17.6. The van der Waals surface area contributed by atoms with E-state index in [2.05, 4.69) is 75.8 Å². The van der Waals surface area contributed by atoms with Crippen molar-refractivity contribution in [2.24, 2.45) is 4.99 Å². The van der Waals surface area contributed by atoms with E-state index in [-0.39, 0.29) is 0 Å². The van der Waals surface area contributed by atoms with E-state index in [1.807, 2.05) is 36.4 Å². The molecule has 0 radical (unpaired) electrons. The first-order valence-electron chi connectivity index (χ1n) is 8.88. The normalized spacial score (nSPS) is 10.5. The number of hydrogen-bond acceptors (Lipinski definition) is 1. The van der Waals surface area contributed by atoms with Crippen molar-refractivity contribution >= 4 is 40.5 Å². The predicted molar refractivity (Wildman–Crippen MR) is 126 cm³/mol. The van der Waals surface area contributed by atoms with Gasteiger partial charge in [-0.05, 0) is 41.9 Å². The summed E-state index contributed by atoms with van der Waals surface area (Å²) >= 11 is 9.84. The molecule has 3 aromatic carbocycles. The Morgan fingerprint density at radius 3 is 1.93 bits per heavy atom. The van der Waals surface area contributed by atoms with E-state index in [0.29, 0.717) is 5.11 Å². The highest BCUT2D eigenvalue weighted by molar-refractivity contribution is 7.80. The second-order valence-electron chi connectivity index (χ2n) is 5.87. The van der Waals surface area contributed by atoms with Crippen molar-refractivity contribution in [3.05, 3.63) is 102 Å². The van der Waals surface area contributed by atoms with Crippen molar-refractivity contribution in [2.45, 2.75) is 6.42 Å². The van der Waals surface area contributed by atoms with E-state index in [1.54, 1.807) is 7.05 Å². The van der Waals surface area contributed by atoms with Crippen molar-refractivity contribution in [3.8, 4) is 0 Å². The van der Waals surface area contributed by atoms with Gasteiger partial charge in [-0.3, -0.25) is 0 Å². The van der Waals surface area contributed by atoms with Gasteiger partial charge in [0.2, 0.25) is 0 Å². The number of rotatable bonds is 4. The Morgan fingerprint density at radius 1 is 0.821 bits per heavy atom. The molecule has 0 aliphatic rings. The maximum Gasteiger partial charge on any atom is 0.194 e. The van der Waals surface area contributed by atoms with Crippen LogP contribution >= 0.6 is 23.8 Å². The molecule has 2 N–H and O–H groups in total. The average Bonchev–Trinajstić information content (AvgIpc) is 2.77. The van der Waals surface area contributed by atoms with E-state index in [9.17, 15) is 0 Å². The topological polar surface area (TPSA) is 36.4 Å². The van der Waals surface area contributed by atoms with Crippen molar-refractivity contribution in [1.29, 1.82) is 0 Å². The van der Waals surface area contributed by atoms with Gasteiger partial charge >= 0.3 is 0 Å². The fourth-order valence-corrected chi connectivity index (χ4v) is 2.68. The molecule has 28 heavy (non-hydrogen) atoms. The first kappa shape index (κ1) is 21.6. The van der Waals surface area contributed by atoms with Crippen LogP contribution < -0.4 is 10.6 Å². The van der Waals surface area contributed by atoms with Crippen LogP contribution in [0.15, 0.2) is 89.9 Å². The molecule has 0 aliphatic carbocycles. The second-order valence-corrected chi connectivity index (χ2v) is 6.25. The zero-order chi connectivity index (χ0) is 20.2. The number of amidine groups is 1. The molecule has 0 bridgehead atoms. The number of nitrogens with zero attached hydrogens (tertiary/aromatic N) is 1. The molecule has 144 valence electrons. The number of alkyl halides is 1. The Kier molecular flexibility index (Phi) is 9.19. The van der Waals surface area contributed by atoms with Gasteiger partial charge in [0.15, 0.2) is 5.11 Å². The molecular formula is C23H24ClN3S. The van der Waals surface area contributed by atoms with Gasteiger partial charge in [-0.15, -0.1) is 11.6 Å². The lowest BCUT2D eigenvalue weighted by Gasteiger charge is -2.11. The third-order valence-corrected chi connectivity index (χ3v) is 4.24. The van der Waals surface area contributed by atoms with Crippen LogP contribution in [0.2, 0.25) is 0 Å². The maximum absolute atomic E-state index is 5.20. The molecule has 0 aromatic heterocycles. The molecule has 3 rings (SSSR count). The molecule has 0 amide bonds. The summed E-state index contributed by atoms with van der Waals surface area (Å²) < 4.78 is 0. The highest BCUT2D eigenvalue weighted by Gasteiger charge is 2.05. The van der Waals surface area contributed by atoms with Crippen LogP contribution in [0.3, 0.4) is 0 Å². The van der Waals surface area contributed by atoms with Crippen molar-refractivity contribution in [1.82, 2.24) is 5.32 Å². The monoisotopic (exact) mass is 409 g/mol. The standard InChI is InChI=1S/C22H21N3S.CH3Cl/c1-23-22(26)25-21(19-10-6-3-7-11-19)24-20-14-12-18(13-15-20)16-17-8-4-2-5-9-17;1-2/h2-15H,16H2,1H3,(H2,23,24,25,26);1H3. The molecule has 0 aliphatic heterocycles. The summed E-state index contributed by atoms with van der Waals surface area (Å²) in [6.45, 7) is 0. The summed E-state index contributed by atoms with van der Waals surface area (Å²) in [5.41, 5.74) is 4.53. The Bertz CT molecular complexity index is 879. The van der Waals surface area contributed by atoms with Gasteiger partial charge in [-0.2, -0.15) is 0 Å². The minimum atomic E-state index is 0.442. The molecule has 3 nitrogen and oxygen atoms in total. The average molecular weight is 410 g/mol. The third-order valence-electron chi connectivity index (χ3n) is 3.94. The molecule has 0 saturated heterocycles. The van der Waals surface area contributed by atoms with Crippen LogP contribution in [-0.4, -0.2) is 24.4 Å². The van der Waals surface area contributed by atoms with Gasteiger partial charge in [0, 0.05) is 24.7 Å². The Labute approximate surface area is 177 Å². The van der Waals surface area contributed by atoms with Gasteiger partial charge < -0.3 is 10.6 Å². The summed E-state index contributed by atoms with van der Waals surface area (Å²) in [7, 11) is 1.77. The molecule has 0 atom stereocenters. The van der Waals surface area contributed by atoms with Crippen LogP contribution in [0, 0.1) is 0 Å².